The molecule has 2 N–H and O–H groups in total. The van der Waals surface area contributed by atoms with E-state index in [4.69, 9.17) is 10.4 Å². The van der Waals surface area contributed by atoms with Gasteiger partial charge in [0.2, 0.25) is 0 Å². The first-order chi connectivity index (χ1) is 11.4. The second-order valence-corrected chi connectivity index (χ2v) is 6.86. The smallest absolute Gasteiger partial charge is 0.120 e. The number of rotatable bonds is 7. The zero-order valence-electron chi connectivity index (χ0n) is 14.5. The van der Waals surface area contributed by atoms with Crippen LogP contribution in [0.25, 0.3) is 10.4 Å². The molecule has 2 unspecified atom stereocenters. The summed E-state index contributed by atoms with van der Waals surface area (Å²) in [6.45, 7) is 6.39. The molecule has 0 aliphatic carbocycles. The van der Waals surface area contributed by atoms with Gasteiger partial charge >= 0.3 is 0 Å². The molecule has 0 radical (unpaired) electrons. The lowest BCUT2D eigenvalue weighted by atomic mass is 9.81. The molecular formula is C17H26N4O3. The number of aliphatic hydroxyl groups is 1. The Morgan fingerprint density at radius 3 is 2.88 bits per heavy atom. The molecule has 1 saturated heterocycles. The summed E-state index contributed by atoms with van der Waals surface area (Å²) in [4.78, 5) is 8.92. The van der Waals surface area contributed by atoms with Crippen LogP contribution in [0.15, 0.2) is 23.3 Å². The fourth-order valence-electron chi connectivity index (χ4n) is 3.61. The van der Waals surface area contributed by atoms with Crippen molar-refractivity contribution in [2.75, 3.05) is 18.2 Å². The van der Waals surface area contributed by atoms with E-state index < -0.39 is 5.54 Å². The van der Waals surface area contributed by atoms with Gasteiger partial charge in [-0.3, -0.25) is 4.84 Å². The van der Waals surface area contributed by atoms with Crippen LogP contribution >= 0.6 is 0 Å². The largest absolute Gasteiger partial charge is 0.508 e. The lowest BCUT2D eigenvalue weighted by Crippen LogP contribution is -2.45. The number of anilines is 1. The van der Waals surface area contributed by atoms with E-state index in [1.165, 1.54) is 0 Å². The Morgan fingerprint density at radius 2 is 2.25 bits per heavy atom. The molecule has 1 heterocycles. The molecule has 24 heavy (non-hydrogen) atoms. The summed E-state index contributed by atoms with van der Waals surface area (Å²) in [5.74, 6) is 0.607. The molecule has 2 atom stereocenters. The molecule has 0 aromatic heterocycles. The highest BCUT2D eigenvalue weighted by Crippen LogP contribution is 2.44. The summed E-state index contributed by atoms with van der Waals surface area (Å²) in [7, 11) is 0. The number of nitrogens with zero attached hydrogens (tertiary/aromatic N) is 4. The molecule has 1 aromatic carbocycles. The third kappa shape index (κ3) is 3.75. The van der Waals surface area contributed by atoms with Crippen LogP contribution in [-0.2, 0) is 4.84 Å². The summed E-state index contributed by atoms with van der Waals surface area (Å²) in [5.41, 5.74) is 9.71. The first-order valence-electron chi connectivity index (χ1n) is 8.31. The summed E-state index contributed by atoms with van der Waals surface area (Å²) in [6.07, 6.45) is 1.80. The lowest BCUT2D eigenvalue weighted by molar-refractivity contribution is 0.0718. The van der Waals surface area contributed by atoms with E-state index >= 15 is 0 Å². The minimum Gasteiger partial charge on any atom is -0.508 e. The van der Waals surface area contributed by atoms with Crippen molar-refractivity contribution in [2.24, 2.45) is 11.0 Å². The molecule has 1 aromatic rings. The van der Waals surface area contributed by atoms with Crippen molar-refractivity contribution < 1.29 is 15.1 Å². The summed E-state index contributed by atoms with van der Waals surface area (Å²) in [6, 6.07) is 5.32. The van der Waals surface area contributed by atoms with Crippen LogP contribution in [0.5, 0.6) is 5.75 Å². The number of phenols is 1. The molecule has 1 aliphatic rings. The second-order valence-electron chi connectivity index (χ2n) is 6.86. The normalized spacial score (nSPS) is 23.5. The second kappa shape index (κ2) is 7.75. The summed E-state index contributed by atoms with van der Waals surface area (Å²) >= 11 is 0. The number of aromatic hydroxyl groups is 1. The van der Waals surface area contributed by atoms with Crippen molar-refractivity contribution in [3.05, 3.63) is 34.2 Å². The van der Waals surface area contributed by atoms with Crippen LogP contribution in [0.3, 0.4) is 0 Å². The summed E-state index contributed by atoms with van der Waals surface area (Å²) < 4.78 is 0. The highest BCUT2D eigenvalue weighted by atomic mass is 16.7. The fraction of sp³-hybridized carbons (Fsp3) is 0.647. The van der Waals surface area contributed by atoms with Crippen molar-refractivity contribution in [3.8, 4) is 5.75 Å². The van der Waals surface area contributed by atoms with Crippen LogP contribution < -0.4 is 5.06 Å². The lowest BCUT2D eigenvalue weighted by Gasteiger charge is -2.39. The van der Waals surface area contributed by atoms with Gasteiger partial charge < -0.3 is 10.2 Å². The van der Waals surface area contributed by atoms with Crippen molar-refractivity contribution in [2.45, 2.75) is 51.7 Å². The van der Waals surface area contributed by atoms with Gasteiger partial charge in [-0.15, -0.1) is 0 Å². The van der Waals surface area contributed by atoms with Gasteiger partial charge in [0.15, 0.2) is 0 Å². The van der Waals surface area contributed by atoms with Gasteiger partial charge in [-0.25, -0.2) is 5.06 Å². The van der Waals surface area contributed by atoms with E-state index in [9.17, 15) is 10.2 Å². The Bertz CT molecular complexity index is 616. The van der Waals surface area contributed by atoms with Gasteiger partial charge in [0.05, 0.1) is 23.9 Å². The van der Waals surface area contributed by atoms with Crippen LogP contribution in [0.4, 0.5) is 5.69 Å². The average Bonchev–Trinajstić information content (AvgIpc) is 2.85. The number of hydroxylamine groups is 1. The van der Waals surface area contributed by atoms with E-state index in [2.05, 4.69) is 23.9 Å². The third-order valence-electron chi connectivity index (χ3n) is 4.50. The molecule has 132 valence electrons. The Balaban J connectivity index is 2.45. The number of aliphatic hydroxyl groups excluding tert-OH is 1. The minimum atomic E-state index is -0.392. The third-order valence-corrected chi connectivity index (χ3v) is 4.50. The maximum absolute atomic E-state index is 10.1. The fourth-order valence-corrected chi connectivity index (χ4v) is 3.61. The number of phenolic OH excluding ortho intramolecular Hbond substituents is 1. The average molecular weight is 334 g/mol. The first kappa shape index (κ1) is 18.4. The zero-order valence-corrected chi connectivity index (χ0v) is 14.5. The zero-order chi connectivity index (χ0) is 17.7. The highest BCUT2D eigenvalue weighted by molar-refractivity contribution is 5.59. The van der Waals surface area contributed by atoms with Crippen molar-refractivity contribution in [1.82, 2.24) is 0 Å². The van der Waals surface area contributed by atoms with Crippen LogP contribution in [0.2, 0.25) is 0 Å². The minimum absolute atomic E-state index is 0.0404. The van der Waals surface area contributed by atoms with E-state index in [-0.39, 0.29) is 25.0 Å². The number of benzene rings is 1. The molecule has 0 amide bonds. The maximum atomic E-state index is 10.1. The van der Waals surface area contributed by atoms with Gasteiger partial charge in [0.1, 0.15) is 5.75 Å². The molecule has 0 spiro atoms. The van der Waals surface area contributed by atoms with Gasteiger partial charge in [-0.05, 0) is 43.3 Å². The molecule has 7 heteroatoms. The summed E-state index contributed by atoms with van der Waals surface area (Å²) in [5, 5.41) is 25.2. The molecule has 0 saturated carbocycles. The van der Waals surface area contributed by atoms with E-state index in [1.54, 1.807) is 12.1 Å². The molecule has 0 bridgehead atoms. The predicted molar refractivity (Wildman–Crippen MR) is 92.7 cm³/mol. The van der Waals surface area contributed by atoms with E-state index in [0.29, 0.717) is 18.8 Å². The topological polar surface area (TPSA) is 102 Å². The Labute approximate surface area is 142 Å². The number of azide groups is 1. The SMILES string of the molecule is Cc1c(O)cccc1N1OC(CN=[N+]=[N-])CC1(CCO)CC(C)C. The van der Waals surface area contributed by atoms with Gasteiger partial charge in [-0.2, -0.15) is 0 Å². The Hall–Kier alpha value is -1.95. The van der Waals surface area contributed by atoms with Crippen molar-refractivity contribution in [3.63, 3.8) is 0 Å². The highest BCUT2D eigenvalue weighted by Gasteiger charge is 2.47. The molecule has 1 fully saturated rings. The molecular weight excluding hydrogens is 308 g/mol. The molecule has 1 aliphatic heterocycles. The van der Waals surface area contributed by atoms with Crippen molar-refractivity contribution in [1.29, 1.82) is 0 Å². The quantitative estimate of drug-likeness (QED) is 0.451. The Kier molecular flexibility index (Phi) is 5.94. The van der Waals surface area contributed by atoms with E-state index in [1.807, 2.05) is 18.1 Å². The molecule has 7 nitrogen and oxygen atoms in total. The monoisotopic (exact) mass is 334 g/mol. The van der Waals surface area contributed by atoms with Gasteiger partial charge in [0.25, 0.3) is 0 Å². The number of hydrogen-bond acceptors (Lipinski definition) is 5. The van der Waals surface area contributed by atoms with Gasteiger partial charge in [0, 0.05) is 23.5 Å². The van der Waals surface area contributed by atoms with Crippen molar-refractivity contribution >= 4 is 5.69 Å². The predicted octanol–water partition coefficient (Wildman–Crippen LogP) is 3.69. The van der Waals surface area contributed by atoms with Gasteiger partial charge in [-0.1, -0.05) is 25.0 Å². The maximum Gasteiger partial charge on any atom is 0.120 e. The Morgan fingerprint density at radius 1 is 1.50 bits per heavy atom. The standard InChI is InChI=1S/C17H26N4O3/c1-12(2)9-17(7-8-22)10-14(11-19-20-18)24-21(17)15-5-4-6-16(23)13(15)3/h4-6,12,14,22-23H,7-11H2,1-3H3. The number of hydrogen-bond donors (Lipinski definition) is 2. The molecule has 2 rings (SSSR count). The van der Waals surface area contributed by atoms with Crippen LogP contribution in [0.1, 0.15) is 38.7 Å². The van der Waals surface area contributed by atoms with Crippen LogP contribution in [0, 0.1) is 12.8 Å². The van der Waals surface area contributed by atoms with Crippen LogP contribution in [-0.4, -0.2) is 35.0 Å². The first-order valence-corrected chi connectivity index (χ1v) is 8.31. The van der Waals surface area contributed by atoms with E-state index in [0.717, 1.165) is 17.7 Å².